The van der Waals surface area contributed by atoms with Gasteiger partial charge in [0.05, 0.1) is 22.4 Å². The van der Waals surface area contributed by atoms with Crippen LogP contribution < -0.4 is 0 Å². The highest BCUT2D eigenvalue weighted by Crippen LogP contribution is 2.51. The second kappa shape index (κ2) is 9.95. The number of aryl methyl sites for hydroxylation is 1. The van der Waals surface area contributed by atoms with Crippen molar-refractivity contribution in [1.82, 2.24) is 9.97 Å². The van der Waals surface area contributed by atoms with Gasteiger partial charge >= 0.3 is 0 Å². The topological polar surface area (TPSA) is 25.8 Å². The number of benzene rings is 7. The molecule has 0 saturated carbocycles. The lowest BCUT2D eigenvalue weighted by atomic mass is 9.80. The Bertz CT molecular complexity index is 2510. The van der Waals surface area contributed by atoms with Gasteiger partial charge in [-0.3, -0.25) is 0 Å². The first-order valence-electron chi connectivity index (χ1n) is 16.0. The standard InChI is InChI=1S/C44H32N2/c1-27-21-23-34-35(25-27)40(29-22-24-31-30-15-9-10-18-36(30)44(2,3)37(31)26-29)32-16-7-8-17-33(32)41(34)43-42(28-13-5-4-6-14-28)45-38-19-11-12-20-39(38)46-43/h4-26H,1-3H3. The van der Waals surface area contributed by atoms with Gasteiger partial charge in [0, 0.05) is 16.5 Å². The average Bonchev–Trinajstić information content (AvgIpc) is 3.32. The van der Waals surface area contributed by atoms with Gasteiger partial charge in [-0.05, 0) is 80.0 Å². The molecule has 7 aromatic carbocycles. The molecular weight excluding hydrogens is 556 g/mol. The van der Waals surface area contributed by atoms with Gasteiger partial charge in [0.2, 0.25) is 0 Å². The Morgan fingerprint density at radius 2 is 1.04 bits per heavy atom. The highest BCUT2D eigenvalue weighted by Gasteiger charge is 2.35. The maximum absolute atomic E-state index is 5.37. The van der Waals surface area contributed by atoms with Crippen molar-refractivity contribution in [2.45, 2.75) is 26.2 Å². The summed E-state index contributed by atoms with van der Waals surface area (Å²) in [4.78, 5) is 10.6. The van der Waals surface area contributed by atoms with Crippen LogP contribution in [0.5, 0.6) is 0 Å². The van der Waals surface area contributed by atoms with E-state index in [0.717, 1.165) is 33.5 Å². The van der Waals surface area contributed by atoms with Crippen LogP contribution in [0.2, 0.25) is 0 Å². The highest BCUT2D eigenvalue weighted by molar-refractivity contribution is 6.22. The maximum Gasteiger partial charge on any atom is 0.0985 e. The van der Waals surface area contributed by atoms with Crippen LogP contribution in [0.3, 0.4) is 0 Å². The third-order valence-electron chi connectivity index (χ3n) is 9.91. The minimum Gasteiger partial charge on any atom is -0.244 e. The number of para-hydroxylation sites is 2. The van der Waals surface area contributed by atoms with Crippen molar-refractivity contribution < 1.29 is 0 Å². The van der Waals surface area contributed by atoms with E-state index >= 15 is 0 Å². The van der Waals surface area contributed by atoms with Gasteiger partial charge in [-0.1, -0.05) is 141 Å². The molecule has 0 saturated heterocycles. The monoisotopic (exact) mass is 588 g/mol. The minimum atomic E-state index is -0.0747. The Labute approximate surface area is 269 Å². The Hall–Kier alpha value is -5.60. The predicted octanol–water partition coefficient (Wildman–Crippen LogP) is 11.6. The fourth-order valence-electron chi connectivity index (χ4n) is 7.69. The molecule has 0 amide bonds. The first kappa shape index (κ1) is 26.8. The van der Waals surface area contributed by atoms with E-state index in [1.165, 1.54) is 60.5 Å². The Balaban J connectivity index is 1.39. The van der Waals surface area contributed by atoms with E-state index < -0.39 is 0 Å². The minimum absolute atomic E-state index is 0.0747. The largest absolute Gasteiger partial charge is 0.244 e. The lowest BCUT2D eigenvalue weighted by Crippen LogP contribution is -2.14. The molecule has 1 aliphatic rings. The van der Waals surface area contributed by atoms with Crippen molar-refractivity contribution in [2.24, 2.45) is 0 Å². The molecule has 9 rings (SSSR count). The first-order chi connectivity index (χ1) is 22.5. The van der Waals surface area contributed by atoms with Crippen molar-refractivity contribution >= 4 is 32.6 Å². The van der Waals surface area contributed by atoms with Crippen LogP contribution >= 0.6 is 0 Å². The molecule has 0 fully saturated rings. The molecular formula is C44H32N2. The zero-order valence-electron chi connectivity index (χ0n) is 26.2. The van der Waals surface area contributed by atoms with Gasteiger partial charge in [-0.15, -0.1) is 0 Å². The molecule has 0 bridgehead atoms. The van der Waals surface area contributed by atoms with Crippen LogP contribution in [-0.2, 0) is 5.41 Å². The molecule has 0 atom stereocenters. The molecule has 0 unspecified atom stereocenters. The Morgan fingerprint density at radius 3 is 1.83 bits per heavy atom. The SMILES string of the molecule is Cc1ccc2c(-c3nc4ccccc4nc3-c3ccccc3)c3ccccc3c(-c3ccc4c(c3)C(C)(C)c3ccccc3-4)c2c1. The molecule has 2 nitrogen and oxygen atoms in total. The van der Waals surface area contributed by atoms with E-state index in [4.69, 9.17) is 9.97 Å². The summed E-state index contributed by atoms with van der Waals surface area (Å²) in [6.45, 7) is 6.90. The Kier molecular flexibility index (Phi) is 5.79. The van der Waals surface area contributed by atoms with Crippen LogP contribution in [0, 0.1) is 6.92 Å². The normalized spacial score (nSPS) is 13.3. The zero-order valence-corrected chi connectivity index (χ0v) is 26.2. The first-order valence-corrected chi connectivity index (χ1v) is 16.0. The second-order valence-electron chi connectivity index (χ2n) is 13.1. The van der Waals surface area contributed by atoms with Crippen molar-refractivity contribution in [3.8, 4) is 44.8 Å². The lowest BCUT2D eigenvalue weighted by molar-refractivity contribution is 0.660. The molecule has 218 valence electrons. The number of hydrogen-bond acceptors (Lipinski definition) is 2. The molecule has 46 heavy (non-hydrogen) atoms. The molecule has 0 spiro atoms. The number of aromatic nitrogens is 2. The van der Waals surface area contributed by atoms with Crippen molar-refractivity contribution in [2.75, 3.05) is 0 Å². The molecule has 8 aromatic rings. The van der Waals surface area contributed by atoms with Crippen LogP contribution in [0.15, 0.2) is 140 Å². The predicted molar refractivity (Wildman–Crippen MR) is 193 cm³/mol. The zero-order chi connectivity index (χ0) is 31.0. The summed E-state index contributed by atoms with van der Waals surface area (Å²) in [7, 11) is 0. The summed E-state index contributed by atoms with van der Waals surface area (Å²) >= 11 is 0. The fourth-order valence-corrected chi connectivity index (χ4v) is 7.69. The van der Waals surface area contributed by atoms with Gasteiger partial charge in [0.1, 0.15) is 0 Å². The molecule has 1 aliphatic carbocycles. The average molecular weight is 589 g/mol. The summed E-state index contributed by atoms with van der Waals surface area (Å²) in [5, 5.41) is 4.82. The molecule has 2 heteroatoms. The summed E-state index contributed by atoms with van der Waals surface area (Å²) in [6, 6.07) is 50.3. The maximum atomic E-state index is 5.37. The number of nitrogens with zero attached hydrogens (tertiary/aromatic N) is 2. The third-order valence-corrected chi connectivity index (χ3v) is 9.91. The molecule has 0 N–H and O–H groups in total. The van der Waals surface area contributed by atoms with Crippen LogP contribution in [0.25, 0.3) is 77.3 Å². The lowest BCUT2D eigenvalue weighted by Gasteiger charge is -2.23. The van der Waals surface area contributed by atoms with Crippen molar-refractivity contribution in [1.29, 1.82) is 0 Å². The van der Waals surface area contributed by atoms with Gasteiger partial charge in [0.15, 0.2) is 0 Å². The molecule has 0 radical (unpaired) electrons. The van der Waals surface area contributed by atoms with Crippen LogP contribution in [0.4, 0.5) is 0 Å². The van der Waals surface area contributed by atoms with Gasteiger partial charge in [0.25, 0.3) is 0 Å². The molecule has 1 heterocycles. The van der Waals surface area contributed by atoms with Crippen LogP contribution in [-0.4, -0.2) is 9.97 Å². The van der Waals surface area contributed by atoms with Gasteiger partial charge in [-0.25, -0.2) is 9.97 Å². The van der Waals surface area contributed by atoms with Crippen molar-refractivity contribution in [3.05, 3.63) is 156 Å². The van der Waals surface area contributed by atoms with E-state index in [9.17, 15) is 0 Å². The molecule has 0 aliphatic heterocycles. The summed E-state index contributed by atoms with van der Waals surface area (Å²) in [5.41, 5.74) is 14.9. The van der Waals surface area contributed by atoms with E-state index in [-0.39, 0.29) is 5.41 Å². The summed E-state index contributed by atoms with van der Waals surface area (Å²) < 4.78 is 0. The van der Waals surface area contributed by atoms with E-state index in [0.29, 0.717) is 0 Å². The number of rotatable bonds is 3. The van der Waals surface area contributed by atoms with Gasteiger partial charge < -0.3 is 0 Å². The van der Waals surface area contributed by atoms with E-state index in [2.05, 4.69) is 148 Å². The summed E-state index contributed by atoms with van der Waals surface area (Å²) in [6.07, 6.45) is 0. The highest BCUT2D eigenvalue weighted by atomic mass is 14.8. The Morgan fingerprint density at radius 1 is 0.435 bits per heavy atom. The quantitative estimate of drug-likeness (QED) is 0.192. The smallest absolute Gasteiger partial charge is 0.0985 e. The van der Waals surface area contributed by atoms with E-state index in [1.807, 2.05) is 12.1 Å². The summed E-state index contributed by atoms with van der Waals surface area (Å²) in [5.74, 6) is 0. The number of hydrogen-bond donors (Lipinski definition) is 0. The number of fused-ring (bicyclic) bond motifs is 6. The van der Waals surface area contributed by atoms with E-state index in [1.54, 1.807) is 0 Å². The molecule has 1 aromatic heterocycles. The third kappa shape index (κ3) is 3.90. The van der Waals surface area contributed by atoms with Crippen LogP contribution in [0.1, 0.15) is 30.5 Å². The van der Waals surface area contributed by atoms with Gasteiger partial charge in [-0.2, -0.15) is 0 Å². The fraction of sp³-hybridized carbons (Fsp3) is 0.0909. The van der Waals surface area contributed by atoms with Crippen molar-refractivity contribution in [3.63, 3.8) is 0 Å². The second-order valence-corrected chi connectivity index (χ2v) is 13.1.